The van der Waals surface area contributed by atoms with E-state index in [2.05, 4.69) is 18.2 Å². The fraction of sp³-hybridized carbons (Fsp3) is 0.294. The minimum absolute atomic E-state index is 0.654. The fourth-order valence-electron chi connectivity index (χ4n) is 2.40. The summed E-state index contributed by atoms with van der Waals surface area (Å²) in [6, 6.07) is 12.1. The number of hydrogen-bond acceptors (Lipinski definition) is 2. The van der Waals surface area contributed by atoms with Crippen LogP contribution < -0.4 is 9.47 Å². The number of benzene rings is 2. The molecule has 1 aliphatic rings. The smallest absolute Gasteiger partial charge is 0.123 e. The van der Waals surface area contributed by atoms with Crippen LogP contribution in [0, 0.1) is 6.92 Å². The van der Waals surface area contributed by atoms with Crippen LogP contribution in [-0.2, 0) is 12.8 Å². The van der Waals surface area contributed by atoms with Gasteiger partial charge in [0.05, 0.1) is 13.2 Å². The van der Waals surface area contributed by atoms with Crippen LogP contribution in [-0.4, -0.2) is 13.2 Å². The van der Waals surface area contributed by atoms with Gasteiger partial charge in [-0.3, -0.25) is 0 Å². The van der Waals surface area contributed by atoms with Gasteiger partial charge in [0.2, 0.25) is 0 Å². The summed E-state index contributed by atoms with van der Waals surface area (Å²) in [6.07, 6.45) is 1.90. The first kappa shape index (κ1) is 13.3. The number of fused-ring (bicyclic) bond motifs is 1. The zero-order valence-electron chi connectivity index (χ0n) is 11.5. The molecule has 3 heteroatoms. The number of halogens is 1. The summed E-state index contributed by atoms with van der Waals surface area (Å²) in [6.45, 7) is 3.48. The fourth-order valence-corrected chi connectivity index (χ4v) is 2.57. The lowest BCUT2D eigenvalue weighted by Crippen LogP contribution is -2.02. The highest BCUT2D eigenvalue weighted by molar-refractivity contribution is 6.30. The Morgan fingerprint density at radius 2 is 2.10 bits per heavy atom. The van der Waals surface area contributed by atoms with Crippen molar-refractivity contribution >= 4 is 11.6 Å². The van der Waals surface area contributed by atoms with Crippen LogP contribution in [0.2, 0.25) is 5.02 Å². The highest BCUT2D eigenvalue weighted by Crippen LogP contribution is 2.26. The monoisotopic (exact) mass is 288 g/mol. The predicted octanol–water partition coefficient (Wildman–Crippen LogP) is 4.20. The van der Waals surface area contributed by atoms with Crippen LogP contribution in [0.4, 0.5) is 0 Å². The van der Waals surface area contributed by atoms with E-state index in [0.29, 0.717) is 11.6 Å². The van der Waals surface area contributed by atoms with Gasteiger partial charge in [0, 0.05) is 17.9 Å². The molecule has 0 N–H and O–H groups in total. The second kappa shape index (κ2) is 5.76. The first-order valence-corrected chi connectivity index (χ1v) is 7.24. The molecule has 104 valence electrons. The van der Waals surface area contributed by atoms with Crippen molar-refractivity contribution in [3.63, 3.8) is 0 Å². The molecule has 0 amide bonds. The molecule has 2 aromatic carbocycles. The average Bonchev–Trinajstić information content (AvgIpc) is 2.90. The van der Waals surface area contributed by atoms with E-state index in [9.17, 15) is 0 Å². The van der Waals surface area contributed by atoms with Crippen molar-refractivity contribution in [2.45, 2.75) is 19.8 Å². The quantitative estimate of drug-likeness (QED) is 0.839. The van der Waals surface area contributed by atoms with E-state index in [4.69, 9.17) is 21.1 Å². The van der Waals surface area contributed by atoms with E-state index in [1.54, 1.807) is 0 Å². The molecule has 1 heterocycles. The Balaban J connectivity index is 1.61. The maximum atomic E-state index is 5.98. The first-order valence-electron chi connectivity index (χ1n) is 6.86. The summed E-state index contributed by atoms with van der Waals surface area (Å²) in [5.41, 5.74) is 3.70. The predicted molar refractivity (Wildman–Crippen MR) is 81.0 cm³/mol. The molecule has 0 unspecified atom stereocenters. The van der Waals surface area contributed by atoms with Crippen molar-refractivity contribution in [3.05, 3.63) is 58.1 Å². The van der Waals surface area contributed by atoms with Crippen LogP contribution in [0.1, 0.15) is 16.7 Å². The molecular formula is C17H17ClO2. The van der Waals surface area contributed by atoms with Gasteiger partial charge in [-0.25, -0.2) is 0 Å². The minimum Gasteiger partial charge on any atom is -0.493 e. The van der Waals surface area contributed by atoms with Gasteiger partial charge in [0.25, 0.3) is 0 Å². The number of rotatable bonds is 4. The lowest BCUT2D eigenvalue weighted by molar-refractivity contribution is 0.319. The van der Waals surface area contributed by atoms with E-state index in [0.717, 1.165) is 36.5 Å². The van der Waals surface area contributed by atoms with Crippen molar-refractivity contribution < 1.29 is 9.47 Å². The molecule has 0 radical (unpaired) electrons. The molecule has 2 aromatic rings. The Labute approximate surface area is 124 Å². The molecule has 0 saturated heterocycles. The van der Waals surface area contributed by atoms with Gasteiger partial charge in [0.1, 0.15) is 11.5 Å². The third-order valence-corrected chi connectivity index (χ3v) is 3.79. The number of hydrogen-bond donors (Lipinski definition) is 0. The Morgan fingerprint density at radius 1 is 1.20 bits per heavy atom. The van der Waals surface area contributed by atoms with E-state index in [1.807, 2.05) is 25.1 Å². The van der Waals surface area contributed by atoms with Crippen LogP contribution >= 0.6 is 11.6 Å². The summed E-state index contributed by atoms with van der Waals surface area (Å²) >= 11 is 5.98. The molecule has 0 atom stereocenters. The highest BCUT2D eigenvalue weighted by atomic mass is 35.5. The standard InChI is InChI=1S/C17H17ClO2/c1-12-2-4-15(18)11-17(12)20-8-6-13-3-5-16-14(10-13)7-9-19-16/h2-5,10-11H,6-9H2,1H3. The summed E-state index contributed by atoms with van der Waals surface area (Å²) in [5, 5.41) is 0.709. The molecule has 0 spiro atoms. The third-order valence-electron chi connectivity index (χ3n) is 3.55. The second-order valence-electron chi connectivity index (χ2n) is 5.05. The molecule has 0 bridgehead atoms. The molecule has 0 aliphatic carbocycles. The molecule has 0 saturated carbocycles. The van der Waals surface area contributed by atoms with Gasteiger partial charge >= 0.3 is 0 Å². The summed E-state index contributed by atoms with van der Waals surface area (Å²) < 4.78 is 11.3. The lowest BCUT2D eigenvalue weighted by atomic mass is 10.1. The Bertz CT molecular complexity index is 622. The topological polar surface area (TPSA) is 18.5 Å². The van der Waals surface area contributed by atoms with Crippen molar-refractivity contribution in [1.29, 1.82) is 0 Å². The molecule has 2 nitrogen and oxygen atoms in total. The molecule has 0 fully saturated rings. The summed E-state index contributed by atoms with van der Waals surface area (Å²) in [7, 11) is 0. The van der Waals surface area contributed by atoms with E-state index in [1.165, 1.54) is 11.1 Å². The first-order chi connectivity index (χ1) is 9.72. The van der Waals surface area contributed by atoms with Crippen molar-refractivity contribution in [2.24, 2.45) is 0 Å². The maximum Gasteiger partial charge on any atom is 0.123 e. The van der Waals surface area contributed by atoms with Gasteiger partial charge in [-0.1, -0.05) is 29.8 Å². The molecular weight excluding hydrogens is 272 g/mol. The average molecular weight is 289 g/mol. The van der Waals surface area contributed by atoms with Crippen molar-refractivity contribution in [1.82, 2.24) is 0 Å². The molecule has 0 aromatic heterocycles. The lowest BCUT2D eigenvalue weighted by Gasteiger charge is -2.10. The van der Waals surface area contributed by atoms with E-state index >= 15 is 0 Å². The summed E-state index contributed by atoms with van der Waals surface area (Å²) in [5.74, 6) is 1.89. The van der Waals surface area contributed by atoms with Crippen LogP contribution in [0.15, 0.2) is 36.4 Å². The number of ether oxygens (including phenoxy) is 2. The molecule has 1 aliphatic heterocycles. The van der Waals surface area contributed by atoms with E-state index in [-0.39, 0.29) is 0 Å². The second-order valence-corrected chi connectivity index (χ2v) is 5.49. The van der Waals surface area contributed by atoms with Gasteiger partial charge in [-0.2, -0.15) is 0 Å². The normalized spacial score (nSPS) is 12.9. The maximum absolute atomic E-state index is 5.98. The highest BCUT2D eigenvalue weighted by Gasteiger charge is 2.11. The third kappa shape index (κ3) is 2.91. The van der Waals surface area contributed by atoms with Crippen molar-refractivity contribution in [2.75, 3.05) is 13.2 Å². The van der Waals surface area contributed by atoms with Crippen LogP contribution in [0.25, 0.3) is 0 Å². The number of aryl methyl sites for hydroxylation is 1. The summed E-state index contributed by atoms with van der Waals surface area (Å²) in [4.78, 5) is 0. The van der Waals surface area contributed by atoms with Gasteiger partial charge < -0.3 is 9.47 Å². The molecule has 20 heavy (non-hydrogen) atoms. The Hall–Kier alpha value is -1.67. The largest absolute Gasteiger partial charge is 0.493 e. The zero-order chi connectivity index (χ0) is 13.9. The van der Waals surface area contributed by atoms with Crippen LogP contribution in [0.5, 0.6) is 11.5 Å². The Morgan fingerprint density at radius 3 is 3.00 bits per heavy atom. The Kier molecular flexibility index (Phi) is 3.83. The van der Waals surface area contributed by atoms with E-state index < -0.39 is 0 Å². The SMILES string of the molecule is Cc1ccc(Cl)cc1OCCc1ccc2c(c1)CCO2. The zero-order valence-corrected chi connectivity index (χ0v) is 12.2. The van der Waals surface area contributed by atoms with Crippen LogP contribution in [0.3, 0.4) is 0 Å². The van der Waals surface area contributed by atoms with Gasteiger partial charge in [0.15, 0.2) is 0 Å². The van der Waals surface area contributed by atoms with Crippen molar-refractivity contribution in [3.8, 4) is 11.5 Å². The molecule has 3 rings (SSSR count). The minimum atomic E-state index is 0.654. The van der Waals surface area contributed by atoms with Gasteiger partial charge in [-0.05, 0) is 41.8 Å². The van der Waals surface area contributed by atoms with Gasteiger partial charge in [-0.15, -0.1) is 0 Å².